The number of rotatable bonds is 4. The van der Waals surface area contributed by atoms with Crippen LogP contribution in [0, 0.1) is 0 Å². The molecule has 0 N–H and O–H groups in total. The summed E-state index contributed by atoms with van der Waals surface area (Å²) in [5, 5.41) is 0. The molecule has 0 aliphatic carbocycles. The molecule has 72 valence electrons. The van der Waals surface area contributed by atoms with Crippen molar-refractivity contribution < 1.29 is 0 Å². The zero-order valence-electron chi connectivity index (χ0n) is 8.27. The van der Waals surface area contributed by atoms with Gasteiger partial charge in [-0.1, -0.05) is 30.3 Å². The number of benzene rings is 1. The van der Waals surface area contributed by atoms with Crippen molar-refractivity contribution in [3.63, 3.8) is 0 Å². The summed E-state index contributed by atoms with van der Waals surface area (Å²) in [5.41, 5.74) is 1.38. The SMILES string of the molecule is CN(C)[C@@H](CS)Cc1ccccc1. The summed E-state index contributed by atoms with van der Waals surface area (Å²) in [5.74, 6) is 0.905. The molecule has 0 radical (unpaired) electrons. The Kier molecular flexibility index (Phi) is 4.33. The van der Waals surface area contributed by atoms with Crippen molar-refractivity contribution in [2.75, 3.05) is 19.8 Å². The van der Waals surface area contributed by atoms with E-state index in [0.29, 0.717) is 6.04 Å². The number of likely N-dealkylation sites (N-methyl/N-ethyl adjacent to an activating group) is 1. The van der Waals surface area contributed by atoms with Crippen LogP contribution in [0.1, 0.15) is 5.56 Å². The maximum absolute atomic E-state index is 4.34. The molecule has 1 rings (SSSR count). The van der Waals surface area contributed by atoms with Gasteiger partial charge in [0.2, 0.25) is 0 Å². The molecule has 0 aromatic heterocycles. The van der Waals surface area contributed by atoms with Gasteiger partial charge < -0.3 is 4.90 Å². The average Bonchev–Trinajstić information content (AvgIpc) is 2.15. The van der Waals surface area contributed by atoms with Gasteiger partial charge in [0.25, 0.3) is 0 Å². The van der Waals surface area contributed by atoms with Crippen LogP contribution in [0.3, 0.4) is 0 Å². The minimum absolute atomic E-state index is 0.533. The molecule has 2 heteroatoms. The van der Waals surface area contributed by atoms with Crippen LogP contribution in [0.2, 0.25) is 0 Å². The first kappa shape index (κ1) is 10.6. The van der Waals surface area contributed by atoms with Gasteiger partial charge in [0.15, 0.2) is 0 Å². The maximum Gasteiger partial charge on any atom is 0.0218 e. The molecule has 0 bridgehead atoms. The van der Waals surface area contributed by atoms with E-state index in [1.807, 2.05) is 0 Å². The van der Waals surface area contributed by atoms with E-state index in [9.17, 15) is 0 Å². The Morgan fingerprint density at radius 3 is 2.31 bits per heavy atom. The molecule has 0 heterocycles. The highest BCUT2D eigenvalue weighted by atomic mass is 32.1. The fraction of sp³-hybridized carbons (Fsp3) is 0.455. The lowest BCUT2D eigenvalue weighted by molar-refractivity contribution is 0.317. The van der Waals surface area contributed by atoms with E-state index in [-0.39, 0.29) is 0 Å². The third-order valence-electron chi connectivity index (χ3n) is 2.26. The van der Waals surface area contributed by atoms with Crippen LogP contribution in [0.25, 0.3) is 0 Å². The van der Waals surface area contributed by atoms with Crippen molar-refractivity contribution in [2.45, 2.75) is 12.5 Å². The Labute approximate surface area is 86.2 Å². The zero-order valence-corrected chi connectivity index (χ0v) is 9.17. The largest absolute Gasteiger partial charge is 0.305 e. The molecule has 0 fully saturated rings. The molecular formula is C11H17NS. The highest BCUT2D eigenvalue weighted by Crippen LogP contribution is 2.07. The van der Waals surface area contributed by atoms with Crippen LogP contribution >= 0.6 is 12.6 Å². The Morgan fingerprint density at radius 2 is 1.85 bits per heavy atom. The van der Waals surface area contributed by atoms with E-state index in [2.05, 4.69) is 62.0 Å². The highest BCUT2D eigenvalue weighted by molar-refractivity contribution is 7.80. The predicted octanol–water partition coefficient (Wildman–Crippen LogP) is 2.09. The molecule has 0 unspecified atom stereocenters. The second-order valence-electron chi connectivity index (χ2n) is 3.49. The van der Waals surface area contributed by atoms with Gasteiger partial charge in [-0.3, -0.25) is 0 Å². The Morgan fingerprint density at radius 1 is 1.23 bits per heavy atom. The Balaban J connectivity index is 2.57. The summed E-state index contributed by atoms with van der Waals surface area (Å²) < 4.78 is 0. The van der Waals surface area contributed by atoms with Gasteiger partial charge in [0, 0.05) is 11.8 Å². The molecule has 0 aliphatic heterocycles. The summed E-state index contributed by atoms with van der Waals surface area (Å²) in [6, 6.07) is 11.1. The van der Waals surface area contributed by atoms with Crippen LogP contribution in [0.4, 0.5) is 0 Å². The van der Waals surface area contributed by atoms with Crippen LogP contribution in [-0.4, -0.2) is 30.8 Å². The fourth-order valence-electron chi connectivity index (χ4n) is 1.30. The van der Waals surface area contributed by atoms with Crippen molar-refractivity contribution >= 4 is 12.6 Å². The molecule has 0 amide bonds. The molecule has 0 aliphatic rings. The Hall–Kier alpha value is -0.470. The van der Waals surface area contributed by atoms with Gasteiger partial charge in [-0.2, -0.15) is 12.6 Å². The van der Waals surface area contributed by atoms with Crippen molar-refractivity contribution in [3.8, 4) is 0 Å². The van der Waals surface area contributed by atoms with Crippen LogP contribution < -0.4 is 0 Å². The first-order chi connectivity index (χ1) is 6.24. The van der Waals surface area contributed by atoms with Crippen molar-refractivity contribution in [1.82, 2.24) is 4.90 Å². The highest BCUT2D eigenvalue weighted by Gasteiger charge is 2.09. The third kappa shape index (κ3) is 3.41. The monoisotopic (exact) mass is 195 g/mol. The normalized spacial score (nSPS) is 13.2. The van der Waals surface area contributed by atoms with E-state index in [1.54, 1.807) is 0 Å². The minimum atomic E-state index is 0.533. The predicted molar refractivity (Wildman–Crippen MR) is 61.5 cm³/mol. The van der Waals surface area contributed by atoms with Crippen molar-refractivity contribution in [1.29, 1.82) is 0 Å². The van der Waals surface area contributed by atoms with E-state index >= 15 is 0 Å². The first-order valence-corrected chi connectivity index (χ1v) is 5.18. The molecule has 1 nitrogen and oxygen atoms in total. The summed E-state index contributed by atoms with van der Waals surface area (Å²) in [7, 11) is 4.20. The fourth-order valence-corrected chi connectivity index (χ4v) is 1.75. The zero-order chi connectivity index (χ0) is 9.68. The number of nitrogens with zero attached hydrogens (tertiary/aromatic N) is 1. The summed E-state index contributed by atoms with van der Waals surface area (Å²) in [4.78, 5) is 2.22. The first-order valence-electron chi connectivity index (χ1n) is 4.55. The molecule has 0 saturated carbocycles. The van der Waals surface area contributed by atoms with Crippen molar-refractivity contribution in [2.24, 2.45) is 0 Å². The smallest absolute Gasteiger partial charge is 0.0218 e. The van der Waals surface area contributed by atoms with Crippen LogP contribution in [0.15, 0.2) is 30.3 Å². The second kappa shape index (κ2) is 5.30. The van der Waals surface area contributed by atoms with Crippen LogP contribution in [-0.2, 0) is 6.42 Å². The molecule has 0 spiro atoms. The molecule has 13 heavy (non-hydrogen) atoms. The molecule has 1 aromatic carbocycles. The van der Waals surface area contributed by atoms with Gasteiger partial charge in [-0.15, -0.1) is 0 Å². The van der Waals surface area contributed by atoms with Crippen LogP contribution in [0.5, 0.6) is 0 Å². The van der Waals surface area contributed by atoms with E-state index < -0.39 is 0 Å². The van der Waals surface area contributed by atoms with E-state index in [1.165, 1.54) is 5.56 Å². The van der Waals surface area contributed by atoms with Gasteiger partial charge in [-0.05, 0) is 26.1 Å². The van der Waals surface area contributed by atoms with Gasteiger partial charge in [0.1, 0.15) is 0 Å². The minimum Gasteiger partial charge on any atom is -0.305 e. The standard InChI is InChI=1S/C11H17NS/c1-12(2)11(9-13)8-10-6-4-3-5-7-10/h3-7,11,13H,8-9H2,1-2H3/t11-/m1/s1. The Bertz CT molecular complexity index is 233. The lowest BCUT2D eigenvalue weighted by atomic mass is 10.1. The van der Waals surface area contributed by atoms with Gasteiger partial charge in [-0.25, -0.2) is 0 Å². The molecular weight excluding hydrogens is 178 g/mol. The third-order valence-corrected chi connectivity index (χ3v) is 2.68. The topological polar surface area (TPSA) is 3.24 Å². The summed E-state index contributed by atoms with van der Waals surface area (Å²) in [6.45, 7) is 0. The number of hydrogen-bond acceptors (Lipinski definition) is 2. The number of hydrogen-bond donors (Lipinski definition) is 1. The molecule has 0 saturated heterocycles. The lowest BCUT2D eigenvalue weighted by Crippen LogP contribution is -2.31. The quantitative estimate of drug-likeness (QED) is 0.720. The lowest BCUT2D eigenvalue weighted by Gasteiger charge is -2.22. The second-order valence-corrected chi connectivity index (χ2v) is 3.85. The van der Waals surface area contributed by atoms with Gasteiger partial charge >= 0.3 is 0 Å². The summed E-state index contributed by atoms with van der Waals surface area (Å²) >= 11 is 4.34. The summed E-state index contributed by atoms with van der Waals surface area (Å²) in [6.07, 6.45) is 1.08. The molecule has 1 aromatic rings. The molecule has 1 atom stereocenters. The van der Waals surface area contributed by atoms with Gasteiger partial charge in [0.05, 0.1) is 0 Å². The average molecular weight is 195 g/mol. The maximum atomic E-state index is 4.34. The van der Waals surface area contributed by atoms with E-state index in [4.69, 9.17) is 0 Å². The van der Waals surface area contributed by atoms with Crippen molar-refractivity contribution in [3.05, 3.63) is 35.9 Å². The van der Waals surface area contributed by atoms with E-state index in [0.717, 1.165) is 12.2 Å². The number of thiol groups is 1.